The largest absolute Gasteiger partial charge is 0.443 e. The van der Waals surface area contributed by atoms with E-state index in [9.17, 15) is 9.59 Å². The molecule has 1 atom stereocenters. The Bertz CT molecular complexity index is 708. The summed E-state index contributed by atoms with van der Waals surface area (Å²) in [5.74, 6) is -0.208. The van der Waals surface area contributed by atoms with Crippen LogP contribution in [0.2, 0.25) is 0 Å². The average molecular weight is 343 g/mol. The number of benzene rings is 1. The third-order valence-corrected chi connectivity index (χ3v) is 4.53. The Morgan fingerprint density at radius 1 is 1.28 bits per heavy atom. The minimum atomic E-state index is -0.786. The number of hydrogen-bond acceptors (Lipinski definition) is 5. The van der Waals surface area contributed by atoms with Gasteiger partial charge in [0.25, 0.3) is 0 Å². The molecule has 2 aliphatic heterocycles. The minimum Gasteiger partial charge on any atom is -0.443 e. The molecule has 0 aromatic heterocycles. The molecule has 2 amide bonds. The Balaban J connectivity index is 1.91. The van der Waals surface area contributed by atoms with E-state index in [1.165, 1.54) is 4.90 Å². The zero-order valence-electron chi connectivity index (χ0n) is 15.3. The molecule has 1 fully saturated rings. The van der Waals surface area contributed by atoms with E-state index in [2.05, 4.69) is 5.10 Å². The standard InChI is InChI=1S/C19H25N3O3/c1-18(2,3)25-17(24)22-11-10-15-19(16(22)23,13-21(4)20-15)12-14-8-6-5-7-9-14/h5-9H,10-13H2,1-4H3/t19-/m1/s1. The maximum atomic E-state index is 13.3. The third-order valence-electron chi connectivity index (χ3n) is 4.53. The van der Waals surface area contributed by atoms with Crippen LogP contribution in [0.5, 0.6) is 0 Å². The van der Waals surface area contributed by atoms with Crippen molar-refractivity contribution in [1.82, 2.24) is 9.91 Å². The van der Waals surface area contributed by atoms with Crippen molar-refractivity contribution in [1.29, 1.82) is 0 Å². The van der Waals surface area contributed by atoms with Gasteiger partial charge in [-0.1, -0.05) is 30.3 Å². The Morgan fingerprint density at radius 2 is 1.96 bits per heavy atom. The molecule has 1 saturated heterocycles. The van der Waals surface area contributed by atoms with Crippen LogP contribution in [0, 0.1) is 5.41 Å². The van der Waals surface area contributed by atoms with Gasteiger partial charge in [0.05, 0.1) is 12.3 Å². The van der Waals surface area contributed by atoms with Crippen LogP contribution in [0.3, 0.4) is 0 Å². The van der Waals surface area contributed by atoms with Crippen LogP contribution in [0.1, 0.15) is 32.8 Å². The highest BCUT2D eigenvalue weighted by atomic mass is 16.6. The number of amides is 2. The summed E-state index contributed by atoms with van der Waals surface area (Å²) in [7, 11) is 1.86. The first-order valence-corrected chi connectivity index (χ1v) is 8.59. The molecule has 0 radical (unpaired) electrons. The lowest BCUT2D eigenvalue weighted by Crippen LogP contribution is -2.58. The van der Waals surface area contributed by atoms with Gasteiger partial charge in [0.2, 0.25) is 5.91 Å². The maximum absolute atomic E-state index is 13.3. The number of carbonyl (C=O) groups excluding carboxylic acids is 2. The second-order valence-corrected chi connectivity index (χ2v) is 7.79. The monoisotopic (exact) mass is 343 g/mol. The average Bonchev–Trinajstić information content (AvgIpc) is 2.84. The van der Waals surface area contributed by atoms with Crippen molar-refractivity contribution in [2.75, 3.05) is 20.1 Å². The number of imide groups is 1. The predicted octanol–water partition coefficient (Wildman–Crippen LogP) is 2.68. The van der Waals surface area contributed by atoms with Gasteiger partial charge in [0.1, 0.15) is 11.0 Å². The molecule has 25 heavy (non-hydrogen) atoms. The molecule has 2 heterocycles. The Labute approximate surface area is 148 Å². The topological polar surface area (TPSA) is 62.2 Å². The quantitative estimate of drug-likeness (QED) is 0.828. The molecule has 6 heteroatoms. The normalized spacial score (nSPS) is 23.4. The number of likely N-dealkylation sites (tertiary alicyclic amines) is 1. The van der Waals surface area contributed by atoms with Crippen molar-refractivity contribution in [3.05, 3.63) is 35.9 Å². The summed E-state index contributed by atoms with van der Waals surface area (Å²) in [4.78, 5) is 27.1. The van der Waals surface area contributed by atoms with Gasteiger partial charge in [0, 0.05) is 20.0 Å². The molecule has 0 unspecified atom stereocenters. The molecule has 1 aromatic carbocycles. The van der Waals surface area contributed by atoms with Crippen molar-refractivity contribution in [2.45, 2.75) is 39.2 Å². The van der Waals surface area contributed by atoms with Crippen molar-refractivity contribution in [3.8, 4) is 0 Å². The predicted molar refractivity (Wildman–Crippen MR) is 95.2 cm³/mol. The summed E-state index contributed by atoms with van der Waals surface area (Å²) >= 11 is 0. The summed E-state index contributed by atoms with van der Waals surface area (Å²) in [5, 5.41) is 6.35. The van der Waals surface area contributed by atoms with Crippen molar-refractivity contribution < 1.29 is 14.3 Å². The highest BCUT2D eigenvalue weighted by Crippen LogP contribution is 2.38. The van der Waals surface area contributed by atoms with E-state index in [0.29, 0.717) is 25.9 Å². The van der Waals surface area contributed by atoms with Gasteiger partial charge >= 0.3 is 6.09 Å². The second-order valence-electron chi connectivity index (χ2n) is 7.79. The number of fused-ring (bicyclic) bond motifs is 1. The molecule has 0 spiro atoms. The molecule has 3 rings (SSSR count). The third kappa shape index (κ3) is 3.38. The SMILES string of the molecule is CN1C[C@@]2(Cc3ccccc3)C(=O)N(C(=O)OC(C)(C)C)CCC2=N1. The Kier molecular flexibility index (Phi) is 4.31. The van der Waals surface area contributed by atoms with Crippen LogP contribution in [0.15, 0.2) is 35.4 Å². The summed E-state index contributed by atoms with van der Waals surface area (Å²) in [5.41, 5.74) is 0.504. The van der Waals surface area contributed by atoms with E-state index in [4.69, 9.17) is 4.74 Å². The molecule has 6 nitrogen and oxygen atoms in total. The molecule has 0 bridgehead atoms. The van der Waals surface area contributed by atoms with E-state index in [-0.39, 0.29) is 5.91 Å². The minimum absolute atomic E-state index is 0.208. The molecular weight excluding hydrogens is 318 g/mol. The number of rotatable bonds is 2. The van der Waals surface area contributed by atoms with Crippen LogP contribution >= 0.6 is 0 Å². The van der Waals surface area contributed by atoms with Crippen LogP contribution in [-0.4, -0.2) is 53.4 Å². The van der Waals surface area contributed by atoms with Gasteiger partial charge in [-0.15, -0.1) is 0 Å². The van der Waals surface area contributed by atoms with Crippen molar-refractivity contribution in [2.24, 2.45) is 10.5 Å². The van der Waals surface area contributed by atoms with E-state index in [0.717, 1.165) is 11.3 Å². The van der Waals surface area contributed by atoms with E-state index < -0.39 is 17.1 Å². The van der Waals surface area contributed by atoms with Gasteiger partial charge in [-0.25, -0.2) is 9.69 Å². The first-order valence-electron chi connectivity index (χ1n) is 8.59. The fourth-order valence-electron chi connectivity index (χ4n) is 3.55. The zero-order valence-corrected chi connectivity index (χ0v) is 15.3. The van der Waals surface area contributed by atoms with Gasteiger partial charge in [-0.05, 0) is 32.8 Å². The van der Waals surface area contributed by atoms with Gasteiger partial charge in [-0.3, -0.25) is 9.80 Å². The summed E-state index contributed by atoms with van der Waals surface area (Å²) in [6.45, 7) is 6.20. The van der Waals surface area contributed by atoms with Gasteiger partial charge in [-0.2, -0.15) is 5.10 Å². The lowest BCUT2D eigenvalue weighted by Gasteiger charge is -2.39. The van der Waals surface area contributed by atoms with Crippen LogP contribution < -0.4 is 0 Å². The molecule has 0 N–H and O–H groups in total. The summed E-state index contributed by atoms with van der Waals surface area (Å²) in [6.07, 6.45) is 0.552. The smallest absolute Gasteiger partial charge is 0.417 e. The fourth-order valence-corrected chi connectivity index (χ4v) is 3.55. The Hall–Kier alpha value is -2.37. The van der Waals surface area contributed by atoms with Crippen molar-refractivity contribution in [3.63, 3.8) is 0 Å². The summed E-state index contributed by atoms with van der Waals surface area (Å²) < 4.78 is 5.43. The lowest BCUT2D eigenvalue weighted by atomic mass is 9.73. The summed E-state index contributed by atoms with van der Waals surface area (Å²) in [6, 6.07) is 9.88. The van der Waals surface area contributed by atoms with Gasteiger partial charge < -0.3 is 4.74 Å². The molecule has 2 aliphatic rings. The zero-order chi connectivity index (χ0) is 18.2. The van der Waals surface area contributed by atoms with E-state index >= 15 is 0 Å². The number of hydrazone groups is 1. The number of hydrogen-bond donors (Lipinski definition) is 0. The van der Waals surface area contributed by atoms with E-state index in [1.54, 1.807) is 25.8 Å². The first-order chi connectivity index (χ1) is 11.7. The molecule has 1 aromatic rings. The molecule has 134 valence electrons. The second kappa shape index (κ2) is 6.17. The van der Waals surface area contributed by atoms with Crippen LogP contribution in [0.25, 0.3) is 0 Å². The number of nitrogens with zero attached hydrogens (tertiary/aromatic N) is 3. The van der Waals surface area contributed by atoms with E-state index in [1.807, 2.05) is 37.4 Å². The number of carbonyl (C=O) groups is 2. The van der Waals surface area contributed by atoms with Gasteiger partial charge in [0.15, 0.2) is 0 Å². The maximum Gasteiger partial charge on any atom is 0.417 e. The molecule has 0 aliphatic carbocycles. The van der Waals surface area contributed by atoms with Crippen LogP contribution in [0.4, 0.5) is 4.79 Å². The van der Waals surface area contributed by atoms with Crippen LogP contribution in [-0.2, 0) is 16.0 Å². The fraction of sp³-hybridized carbons (Fsp3) is 0.526. The highest BCUT2D eigenvalue weighted by Gasteiger charge is 2.54. The lowest BCUT2D eigenvalue weighted by molar-refractivity contribution is -0.138. The highest BCUT2D eigenvalue weighted by molar-refractivity contribution is 6.15. The molecule has 0 saturated carbocycles. The number of piperidine rings is 1. The first kappa shape index (κ1) is 17.5. The van der Waals surface area contributed by atoms with Crippen molar-refractivity contribution >= 4 is 17.7 Å². The molecular formula is C19H25N3O3. The number of ether oxygens (including phenoxy) is 1. The Morgan fingerprint density at radius 3 is 2.60 bits per heavy atom.